The Morgan fingerprint density at radius 2 is 1.97 bits per heavy atom. The third kappa shape index (κ3) is 3.59. The predicted molar refractivity (Wildman–Crippen MR) is 102 cm³/mol. The van der Waals surface area contributed by atoms with Crippen LogP contribution in [0.5, 0.6) is 11.5 Å². The highest BCUT2D eigenvalue weighted by Gasteiger charge is 2.14. The number of aromatic nitrogens is 6. The van der Waals surface area contributed by atoms with Gasteiger partial charge in [-0.05, 0) is 40.3 Å². The Kier molecular flexibility index (Phi) is 4.82. The molecular formula is C19H17FN6O3. The van der Waals surface area contributed by atoms with Gasteiger partial charge in [-0.1, -0.05) is 0 Å². The normalized spacial score (nSPS) is 10.9. The number of nitrogens with one attached hydrogen (secondary N) is 1. The molecule has 0 saturated heterocycles. The fourth-order valence-corrected chi connectivity index (χ4v) is 2.99. The number of benzene rings is 2. The van der Waals surface area contributed by atoms with E-state index in [4.69, 9.17) is 9.47 Å². The van der Waals surface area contributed by atoms with E-state index < -0.39 is 11.5 Å². The first-order valence-electron chi connectivity index (χ1n) is 8.63. The van der Waals surface area contributed by atoms with Gasteiger partial charge >= 0.3 is 5.69 Å². The molecule has 0 aliphatic rings. The highest BCUT2D eigenvalue weighted by atomic mass is 19.1. The van der Waals surface area contributed by atoms with Crippen LogP contribution >= 0.6 is 0 Å². The first kappa shape index (κ1) is 18.4. The maximum absolute atomic E-state index is 13.7. The summed E-state index contributed by atoms with van der Waals surface area (Å²) in [5, 5.41) is 14.5. The number of H-pyrrole nitrogens is 1. The number of methoxy groups -OCH3 is 2. The Labute approximate surface area is 164 Å². The molecule has 0 unspecified atom stereocenters. The quantitative estimate of drug-likeness (QED) is 0.535. The third-order valence-corrected chi connectivity index (χ3v) is 4.38. The van der Waals surface area contributed by atoms with E-state index in [1.165, 1.54) is 19.2 Å². The van der Waals surface area contributed by atoms with Crippen molar-refractivity contribution in [3.63, 3.8) is 0 Å². The molecule has 10 heteroatoms. The van der Waals surface area contributed by atoms with Crippen molar-refractivity contribution in [1.82, 2.24) is 30.0 Å². The van der Waals surface area contributed by atoms with Crippen molar-refractivity contribution in [2.75, 3.05) is 14.2 Å². The summed E-state index contributed by atoms with van der Waals surface area (Å²) < 4.78 is 26.5. The van der Waals surface area contributed by atoms with Crippen LogP contribution in [-0.4, -0.2) is 44.2 Å². The number of hydrogen-bond acceptors (Lipinski definition) is 6. The lowest BCUT2D eigenvalue weighted by Crippen LogP contribution is -2.24. The molecular weight excluding hydrogens is 379 g/mol. The Morgan fingerprint density at radius 3 is 2.69 bits per heavy atom. The van der Waals surface area contributed by atoms with Crippen LogP contribution in [0.1, 0.15) is 5.56 Å². The molecule has 2 aromatic carbocycles. The molecule has 148 valence electrons. The van der Waals surface area contributed by atoms with E-state index in [1.54, 1.807) is 37.7 Å². The molecule has 0 atom stereocenters. The Hall–Kier alpha value is -3.95. The van der Waals surface area contributed by atoms with E-state index in [9.17, 15) is 9.18 Å². The molecule has 2 heterocycles. The summed E-state index contributed by atoms with van der Waals surface area (Å²) in [4.78, 5) is 12.7. The van der Waals surface area contributed by atoms with E-state index in [0.29, 0.717) is 22.7 Å². The van der Waals surface area contributed by atoms with Gasteiger partial charge in [0.15, 0.2) is 0 Å². The second-order valence-electron chi connectivity index (χ2n) is 6.20. The van der Waals surface area contributed by atoms with Crippen molar-refractivity contribution in [2.45, 2.75) is 6.54 Å². The standard InChI is InChI=1S/C19H17FN6O3/c1-28-16-6-12(5-14(20)7-16)11-25-19(27)26(24-23-25)15-3-4-17(18(8-15)29-2)13-9-21-22-10-13/h3-10H,11H2,1-2H3,(H,21,22). The predicted octanol–water partition coefficient (Wildman–Crippen LogP) is 2.02. The summed E-state index contributed by atoms with van der Waals surface area (Å²) in [7, 11) is 2.99. The van der Waals surface area contributed by atoms with Gasteiger partial charge in [-0.15, -0.1) is 0 Å². The molecule has 4 aromatic rings. The van der Waals surface area contributed by atoms with Gasteiger partial charge in [-0.2, -0.15) is 14.5 Å². The molecule has 0 radical (unpaired) electrons. The monoisotopic (exact) mass is 396 g/mol. The van der Waals surface area contributed by atoms with Crippen LogP contribution in [0, 0.1) is 5.82 Å². The van der Waals surface area contributed by atoms with Crippen LogP contribution < -0.4 is 15.2 Å². The van der Waals surface area contributed by atoms with Crippen LogP contribution in [0.4, 0.5) is 4.39 Å². The van der Waals surface area contributed by atoms with Crippen molar-refractivity contribution >= 4 is 0 Å². The van der Waals surface area contributed by atoms with Crippen molar-refractivity contribution in [3.05, 3.63) is 70.7 Å². The number of tetrazole rings is 1. The molecule has 0 fully saturated rings. The third-order valence-electron chi connectivity index (χ3n) is 4.38. The van der Waals surface area contributed by atoms with E-state index >= 15 is 0 Å². The van der Waals surface area contributed by atoms with E-state index in [1.807, 2.05) is 6.07 Å². The zero-order chi connectivity index (χ0) is 20.4. The first-order chi connectivity index (χ1) is 14.1. The number of halogens is 1. The van der Waals surface area contributed by atoms with Gasteiger partial charge in [0.2, 0.25) is 0 Å². The van der Waals surface area contributed by atoms with Crippen molar-refractivity contribution in [3.8, 4) is 28.3 Å². The second kappa shape index (κ2) is 7.58. The molecule has 4 rings (SSSR count). The fraction of sp³-hybridized carbons (Fsp3) is 0.158. The van der Waals surface area contributed by atoms with Gasteiger partial charge in [-0.25, -0.2) is 9.18 Å². The second-order valence-corrected chi connectivity index (χ2v) is 6.20. The summed E-state index contributed by atoms with van der Waals surface area (Å²) in [6, 6.07) is 9.44. The van der Waals surface area contributed by atoms with Crippen molar-refractivity contribution in [1.29, 1.82) is 0 Å². The molecule has 0 amide bonds. The summed E-state index contributed by atoms with van der Waals surface area (Å²) in [5.74, 6) is 0.458. The Bertz CT molecular complexity index is 1200. The highest BCUT2D eigenvalue weighted by molar-refractivity contribution is 5.70. The average molecular weight is 396 g/mol. The van der Waals surface area contributed by atoms with Crippen molar-refractivity contribution < 1.29 is 13.9 Å². The smallest absolute Gasteiger partial charge is 0.368 e. The van der Waals surface area contributed by atoms with E-state index in [-0.39, 0.29) is 6.54 Å². The summed E-state index contributed by atoms with van der Waals surface area (Å²) in [6.45, 7) is 0.0528. The van der Waals surface area contributed by atoms with E-state index in [2.05, 4.69) is 20.6 Å². The Balaban J connectivity index is 1.67. The van der Waals surface area contributed by atoms with Gasteiger partial charge in [0, 0.05) is 29.5 Å². The number of hydrogen-bond donors (Lipinski definition) is 1. The van der Waals surface area contributed by atoms with Crippen LogP contribution in [-0.2, 0) is 6.54 Å². The van der Waals surface area contributed by atoms with Crippen LogP contribution in [0.25, 0.3) is 16.8 Å². The van der Waals surface area contributed by atoms with Gasteiger partial charge in [0.25, 0.3) is 0 Å². The summed E-state index contributed by atoms with van der Waals surface area (Å²) in [6.07, 6.45) is 3.42. The zero-order valence-electron chi connectivity index (χ0n) is 15.7. The lowest BCUT2D eigenvalue weighted by Gasteiger charge is -2.08. The lowest BCUT2D eigenvalue weighted by molar-refractivity contribution is 0.410. The first-order valence-corrected chi connectivity index (χ1v) is 8.63. The minimum atomic E-state index is -0.466. The molecule has 0 aliphatic heterocycles. The lowest BCUT2D eigenvalue weighted by atomic mass is 10.1. The molecule has 29 heavy (non-hydrogen) atoms. The number of ether oxygens (including phenoxy) is 2. The Morgan fingerprint density at radius 1 is 1.10 bits per heavy atom. The molecule has 9 nitrogen and oxygen atoms in total. The van der Waals surface area contributed by atoms with Crippen LogP contribution in [0.15, 0.2) is 53.6 Å². The molecule has 0 saturated carbocycles. The van der Waals surface area contributed by atoms with Crippen LogP contribution in [0.2, 0.25) is 0 Å². The van der Waals surface area contributed by atoms with Crippen molar-refractivity contribution in [2.24, 2.45) is 0 Å². The van der Waals surface area contributed by atoms with Gasteiger partial charge in [0.1, 0.15) is 17.3 Å². The minimum absolute atomic E-state index is 0.0528. The number of aromatic amines is 1. The number of nitrogens with zero attached hydrogens (tertiary/aromatic N) is 5. The SMILES string of the molecule is COc1cc(F)cc(Cn2nnn(-c3ccc(-c4cn[nH]c4)c(OC)c3)c2=O)c1. The summed E-state index contributed by atoms with van der Waals surface area (Å²) in [5.41, 5.74) is 2.22. The largest absolute Gasteiger partial charge is 0.497 e. The summed E-state index contributed by atoms with van der Waals surface area (Å²) >= 11 is 0. The minimum Gasteiger partial charge on any atom is -0.497 e. The van der Waals surface area contributed by atoms with Gasteiger partial charge in [0.05, 0.1) is 32.6 Å². The van der Waals surface area contributed by atoms with Crippen LogP contribution in [0.3, 0.4) is 0 Å². The molecule has 1 N–H and O–H groups in total. The number of rotatable bonds is 6. The van der Waals surface area contributed by atoms with Gasteiger partial charge in [-0.3, -0.25) is 5.10 Å². The topological polar surface area (TPSA) is 99.8 Å². The average Bonchev–Trinajstić information content (AvgIpc) is 3.38. The maximum atomic E-state index is 13.7. The fourth-order valence-electron chi connectivity index (χ4n) is 2.99. The molecule has 0 spiro atoms. The molecule has 0 aliphatic carbocycles. The van der Waals surface area contributed by atoms with Gasteiger partial charge < -0.3 is 9.47 Å². The molecule has 0 bridgehead atoms. The maximum Gasteiger partial charge on any atom is 0.368 e. The van der Waals surface area contributed by atoms with E-state index in [0.717, 1.165) is 20.5 Å². The highest BCUT2D eigenvalue weighted by Crippen LogP contribution is 2.30. The zero-order valence-corrected chi connectivity index (χ0v) is 15.7. The molecule has 2 aromatic heterocycles.